The number of nitrogen functional groups attached to an aromatic ring is 1. The summed E-state index contributed by atoms with van der Waals surface area (Å²) in [6.45, 7) is 1.53. The van der Waals surface area contributed by atoms with Crippen molar-refractivity contribution in [3.63, 3.8) is 0 Å². The van der Waals surface area contributed by atoms with E-state index in [0.717, 1.165) is 5.41 Å². The molecule has 2 rings (SSSR count). The Hall–Kier alpha value is -1.34. The van der Waals surface area contributed by atoms with Gasteiger partial charge in [-0.1, -0.05) is 13.0 Å². The summed E-state index contributed by atoms with van der Waals surface area (Å²) in [5.41, 5.74) is 6.63. The van der Waals surface area contributed by atoms with Gasteiger partial charge in [0, 0.05) is 16.8 Å². The van der Waals surface area contributed by atoms with Crippen molar-refractivity contribution in [2.75, 3.05) is 17.2 Å². The third kappa shape index (κ3) is 2.28. The van der Waals surface area contributed by atoms with E-state index in [1.807, 2.05) is 0 Å². The Morgan fingerprint density at radius 2 is 1.94 bits per heavy atom. The van der Waals surface area contributed by atoms with Crippen LogP contribution in [0.2, 0.25) is 0 Å². The summed E-state index contributed by atoms with van der Waals surface area (Å²) < 4.78 is 46.9. The molecule has 1 aliphatic rings. The summed E-state index contributed by atoms with van der Waals surface area (Å²) in [5, 5.41) is 1.02. The lowest BCUT2D eigenvalue weighted by atomic mass is 10.1. The second-order valence-corrected chi connectivity index (χ2v) is 8.24. The molecule has 0 bridgehead atoms. The van der Waals surface area contributed by atoms with Crippen LogP contribution in [0.15, 0.2) is 28.5 Å². The van der Waals surface area contributed by atoms with Crippen LogP contribution < -0.4 is 5.73 Å². The highest BCUT2D eigenvalue weighted by Crippen LogP contribution is 2.35. The average Bonchev–Trinajstić information content (AvgIpc) is 2.50. The molecule has 98 valence electrons. The maximum atomic E-state index is 11.9. The van der Waals surface area contributed by atoms with Crippen molar-refractivity contribution in [3.8, 4) is 0 Å². The van der Waals surface area contributed by atoms with Gasteiger partial charge in [-0.3, -0.25) is 0 Å². The van der Waals surface area contributed by atoms with Gasteiger partial charge in [0.05, 0.1) is 10.6 Å². The molecule has 0 spiro atoms. The lowest BCUT2D eigenvalue weighted by Crippen LogP contribution is -2.09. The Morgan fingerprint density at radius 3 is 2.56 bits per heavy atom. The van der Waals surface area contributed by atoms with E-state index in [1.54, 1.807) is 12.1 Å². The summed E-state index contributed by atoms with van der Waals surface area (Å²) in [4.78, 5) is 0.0869. The molecule has 0 amide bonds. The van der Waals surface area contributed by atoms with Crippen molar-refractivity contribution >= 4 is 30.9 Å². The quantitative estimate of drug-likeness (QED) is 0.831. The summed E-state index contributed by atoms with van der Waals surface area (Å²) in [7, 11) is -6.83. The zero-order chi connectivity index (χ0) is 13.6. The van der Waals surface area contributed by atoms with E-state index in [2.05, 4.69) is 0 Å². The van der Waals surface area contributed by atoms with Gasteiger partial charge in [0.1, 0.15) is 0 Å². The smallest absolute Gasteiger partial charge is 0.200 e. The maximum Gasteiger partial charge on any atom is 0.200 e. The highest BCUT2D eigenvalue weighted by atomic mass is 32.2. The van der Waals surface area contributed by atoms with Crippen LogP contribution in [0, 0.1) is 0 Å². The molecule has 0 fully saturated rings. The van der Waals surface area contributed by atoms with Gasteiger partial charge in [-0.05, 0) is 23.3 Å². The van der Waals surface area contributed by atoms with E-state index >= 15 is 0 Å². The van der Waals surface area contributed by atoms with Crippen LogP contribution >= 0.6 is 0 Å². The lowest BCUT2D eigenvalue weighted by Gasteiger charge is -2.05. The van der Waals surface area contributed by atoms with Crippen molar-refractivity contribution in [2.24, 2.45) is 0 Å². The number of nitrogens with two attached hydrogens (primary N) is 1. The molecule has 0 unspecified atom stereocenters. The van der Waals surface area contributed by atoms with Gasteiger partial charge in [-0.25, -0.2) is 16.8 Å². The fourth-order valence-electron chi connectivity index (χ4n) is 1.80. The van der Waals surface area contributed by atoms with Gasteiger partial charge >= 0.3 is 0 Å². The largest absolute Gasteiger partial charge is 0.399 e. The number of hydrogen-bond donors (Lipinski definition) is 1. The molecule has 1 heterocycles. The van der Waals surface area contributed by atoms with Crippen molar-refractivity contribution < 1.29 is 16.8 Å². The fraction of sp³-hybridized carbons (Fsp3) is 0.273. The predicted molar refractivity (Wildman–Crippen MR) is 70.3 cm³/mol. The lowest BCUT2D eigenvalue weighted by molar-refractivity contribution is 0.600. The fourth-order valence-corrected chi connectivity index (χ4v) is 4.34. The first-order valence-electron chi connectivity index (χ1n) is 5.31. The van der Waals surface area contributed by atoms with Crippen molar-refractivity contribution in [1.82, 2.24) is 0 Å². The van der Waals surface area contributed by atoms with E-state index in [-0.39, 0.29) is 16.4 Å². The Labute approximate surface area is 106 Å². The third-order valence-electron chi connectivity index (χ3n) is 2.77. The van der Waals surface area contributed by atoms with E-state index in [4.69, 9.17) is 5.73 Å². The molecule has 5 nitrogen and oxygen atoms in total. The average molecular weight is 287 g/mol. The first kappa shape index (κ1) is 13.1. The van der Waals surface area contributed by atoms with Gasteiger partial charge in [0.15, 0.2) is 9.84 Å². The second-order valence-electron chi connectivity index (χ2n) is 4.12. The molecule has 0 saturated heterocycles. The minimum absolute atomic E-state index is 0.0192. The van der Waals surface area contributed by atoms with Crippen LogP contribution in [0.4, 0.5) is 5.69 Å². The molecule has 0 atom stereocenters. The number of benzene rings is 1. The van der Waals surface area contributed by atoms with Gasteiger partial charge in [0.2, 0.25) is 9.84 Å². The zero-order valence-corrected chi connectivity index (χ0v) is 11.4. The highest BCUT2D eigenvalue weighted by Gasteiger charge is 2.29. The molecule has 2 N–H and O–H groups in total. The Kier molecular flexibility index (Phi) is 2.98. The molecule has 0 aromatic heterocycles. The maximum absolute atomic E-state index is 11.9. The number of anilines is 1. The third-order valence-corrected chi connectivity index (χ3v) is 5.95. The molecule has 18 heavy (non-hydrogen) atoms. The number of rotatable bonds is 3. The molecular formula is C11H13NO4S2. The predicted octanol–water partition coefficient (Wildman–Crippen LogP) is 0.832. The van der Waals surface area contributed by atoms with Crippen LogP contribution in [0.1, 0.15) is 12.5 Å². The van der Waals surface area contributed by atoms with Gasteiger partial charge in [-0.15, -0.1) is 0 Å². The molecule has 0 saturated carbocycles. The first-order chi connectivity index (χ1) is 8.25. The van der Waals surface area contributed by atoms with Crippen molar-refractivity contribution in [2.45, 2.75) is 11.8 Å². The Bertz CT molecular complexity index is 730. The summed E-state index contributed by atoms with van der Waals surface area (Å²) in [5.74, 6) is -0.283. The molecule has 1 aromatic carbocycles. The van der Waals surface area contributed by atoms with E-state index in [0.29, 0.717) is 16.8 Å². The summed E-state index contributed by atoms with van der Waals surface area (Å²) in [6, 6.07) is 4.46. The zero-order valence-electron chi connectivity index (χ0n) is 9.75. The van der Waals surface area contributed by atoms with Crippen molar-refractivity contribution in [3.05, 3.63) is 29.2 Å². The van der Waals surface area contributed by atoms with Gasteiger partial charge < -0.3 is 5.73 Å². The van der Waals surface area contributed by atoms with Gasteiger partial charge in [0.25, 0.3) is 0 Å². The van der Waals surface area contributed by atoms with E-state index in [9.17, 15) is 16.8 Å². The minimum Gasteiger partial charge on any atom is -0.399 e. The van der Waals surface area contributed by atoms with Crippen LogP contribution in [-0.4, -0.2) is 28.3 Å². The number of fused-ring (bicyclic) bond motifs is 1. The van der Waals surface area contributed by atoms with Crippen LogP contribution in [0.25, 0.3) is 5.57 Å². The SMILES string of the molecule is CCS(=O)(=O)CC1=CS(=O)(=O)c2cc(N)ccc21. The first-order valence-corrected chi connectivity index (χ1v) is 8.68. The second kappa shape index (κ2) is 4.10. The standard InChI is InChI=1S/C11H13NO4S2/c1-2-17(13,14)6-8-7-18(15,16)11-5-9(12)3-4-10(8)11/h3-5,7H,2,6,12H2,1H3. The topological polar surface area (TPSA) is 94.3 Å². The van der Waals surface area contributed by atoms with Crippen molar-refractivity contribution in [1.29, 1.82) is 0 Å². The van der Waals surface area contributed by atoms with Crippen LogP contribution in [0.5, 0.6) is 0 Å². The van der Waals surface area contributed by atoms with Crippen LogP contribution in [0.3, 0.4) is 0 Å². The number of sulfone groups is 2. The molecular weight excluding hydrogens is 274 g/mol. The van der Waals surface area contributed by atoms with Crippen LogP contribution in [-0.2, 0) is 19.7 Å². The van der Waals surface area contributed by atoms with E-state index < -0.39 is 19.7 Å². The summed E-state index contributed by atoms with van der Waals surface area (Å²) in [6.07, 6.45) is 0. The minimum atomic E-state index is -3.56. The molecule has 1 aromatic rings. The van der Waals surface area contributed by atoms with E-state index in [1.165, 1.54) is 13.0 Å². The molecule has 1 aliphatic heterocycles. The molecule has 0 radical (unpaired) electrons. The Morgan fingerprint density at radius 1 is 1.28 bits per heavy atom. The molecule has 0 aliphatic carbocycles. The Balaban J connectivity index is 2.56. The molecule has 7 heteroatoms. The van der Waals surface area contributed by atoms with Gasteiger partial charge in [-0.2, -0.15) is 0 Å². The summed E-state index contributed by atoms with van der Waals surface area (Å²) >= 11 is 0. The number of hydrogen-bond acceptors (Lipinski definition) is 5. The monoisotopic (exact) mass is 287 g/mol. The normalized spacial score (nSPS) is 17.3. The highest BCUT2D eigenvalue weighted by molar-refractivity contribution is 7.95.